The Morgan fingerprint density at radius 1 is 1.50 bits per heavy atom. The highest BCUT2D eigenvalue weighted by Gasteiger charge is 2.14. The van der Waals surface area contributed by atoms with Crippen molar-refractivity contribution in [3.63, 3.8) is 0 Å². The van der Waals surface area contributed by atoms with Crippen molar-refractivity contribution in [1.29, 1.82) is 0 Å². The highest BCUT2D eigenvalue weighted by molar-refractivity contribution is 7.15. The Bertz CT molecular complexity index is 292. The molecule has 1 aromatic heterocycles. The van der Waals surface area contributed by atoms with Gasteiger partial charge in [0.1, 0.15) is 0 Å². The van der Waals surface area contributed by atoms with Crippen LogP contribution >= 0.6 is 11.3 Å². The number of rotatable bonds is 4. The van der Waals surface area contributed by atoms with Gasteiger partial charge in [-0.15, -0.1) is 11.3 Å². The van der Waals surface area contributed by atoms with Gasteiger partial charge in [-0.05, 0) is 13.3 Å². The SMILES string of the molecule is CCCc1nc(N(C)C)sc1C(C)N. The molecule has 0 aliphatic carbocycles. The molecule has 1 atom stereocenters. The standard InChI is InChI=1S/C10H19N3S/c1-5-6-8-9(7(2)11)14-10(12-8)13(3)4/h7H,5-6,11H2,1-4H3. The first kappa shape index (κ1) is 11.5. The van der Waals surface area contributed by atoms with Gasteiger partial charge in [0.2, 0.25) is 0 Å². The lowest BCUT2D eigenvalue weighted by Gasteiger charge is -2.05. The van der Waals surface area contributed by atoms with Crippen LogP contribution in [0.5, 0.6) is 0 Å². The molecule has 1 heterocycles. The quantitative estimate of drug-likeness (QED) is 0.833. The summed E-state index contributed by atoms with van der Waals surface area (Å²) in [6, 6.07) is 0.0998. The summed E-state index contributed by atoms with van der Waals surface area (Å²) in [4.78, 5) is 7.85. The Kier molecular flexibility index (Phi) is 3.89. The van der Waals surface area contributed by atoms with Crippen molar-refractivity contribution in [1.82, 2.24) is 4.98 Å². The van der Waals surface area contributed by atoms with Crippen LogP contribution < -0.4 is 10.6 Å². The molecule has 80 valence electrons. The van der Waals surface area contributed by atoms with Crippen LogP contribution in [0.3, 0.4) is 0 Å². The Balaban J connectivity index is 2.99. The lowest BCUT2D eigenvalue weighted by atomic mass is 10.2. The zero-order chi connectivity index (χ0) is 10.7. The number of thiazole rings is 1. The second-order valence-electron chi connectivity index (χ2n) is 3.74. The van der Waals surface area contributed by atoms with Crippen LogP contribution in [0.15, 0.2) is 0 Å². The fourth-order valence-corrected chi connectivity index (χ4v) is 2.30. The Labute approximate surface area is 89.9 Å². The highest BCUT2D eigenvalue weighted by atomic mass is 32.1. The lowest BCUT2D eigenvalue weighted by Crippen LogP contribution is -2.07. The molecule has 1 rings (SSSR count). The van der Waals surface area contributed by atoms with E-state index in [1.54, 1.807) is 11.3 Å². The first-order valence-corrected chi connectivity index (χ1v) is 5.80. The molecule has 1 unspecified atom stereocenters. The second kappa shape index (κ2) is 4.75. The van der Waals surface area contributed by atoms with Crippen molar-refractivity contribution in [3.8, 4) is 0 Å². The van der Waals surface area contributed by atoms with E-state index in [0.29, 0.717) is 0 Å². The number of nitrogens with zero attached hydrogens (tertiary/aromatic N) is 2. The maximum absolute atomic E-state index is 5.91. The van der Waals surface area contributed by atoms with Crippen LogP contribution in [0, 0.1) is 0 Å². The van der Waals surface area contributed by atoms with E-state index in [4.69, 9.17) is 5.73 Å². The predicted octanol–water partition coefficient (Wildman–Crippen LogP) is 2.18. The van der Waals surface area contributed by atoms with E-state index in [-0.39, 0.29) is 6.04 Å². The molecule has 0 spiro atoms. The molecule has 2 N–H and O–H groups in total. The molecule has 0 aliphatic rings. The molecular weight excluding hydrogens is 194 g/mol. The smallest absolute Gasteiger partial charge is 0.185 e. The van der Waals surface area contributed by atoms with Crippen LogP contribution in [0.4, 0.5) is 5.13 Å². The third-order valence-electron chi connectivity index (χ3n) is 2.00. The molecule has 14 heavy (non-hydrogen) atoms. The van der Waals surface area contributed by atoms with Crippen molar-refractivity contribution in [2.24, 2.45) is 5.73 Å². The van der Waals surface area contributed by atoms with Gasteiger partial charge in [-0.3, -0.25) is 0 Å². The van der Waals surface area contributed by atoms with Gasteiger partial charge in [-0.25, -0.2) is 4.98 Å². The topological polar surface area (TPSA) is 42.2 Å². The summed E-state index contributed by atoms with van der Waals surface area (Å²) in [6.45, 7) is 4.19. The average molecular weight is 213 g/mol. The molecule has 0 amide bonds. The maximum atomic E-state index is 5.91. The first-order chi connectivity index (χ1) is 6.56. The highest BCUT2D eigenvalue weighted by Crippen LogP contribution is 2.29. The Morgan fingerprint density at radius 3 is 2.57 bits per heavy atom. The summed E-state index contributed by atoms with van der Waals surface area (Å²) < 4.78 is 0. The Hall–Kier alpha value is -0.610. The van der Waals surface area contributed by atoms with Crippen LogP contribution in [-0.2, 0) is 6.42 Å². The van der Waals surface area contributed by atoms with Crippen molar-refractivity contribution < 1.29 is 0 Å². The van der Waals surface area contributed by atoms with Crippen LogP contribution in [0.1, 0.15) is 36.9 Å². The molecule has 0 saturated heterocycles. The van der Waals surface area contributed by atoms with Crippen molar-refractivity contribution in [2.75, 3.05) is 19.0 Å². The number of aryl methyl sites for hydroxylation is 1. The molecule has 1 aromatic rings. The van der Waals surface area contributed by atoms with Gasteiger partial charge in [0, 0.05) is 25.0 Å². The fraction of sp³-hybridized carbons (Fsp3) is 0.700. The van der Waals surface area contributed by atoms with E-state index in [1.807, 2.05) is 25.9 Å². The molecular formula is C10H19N3S. The van der Waals surface area contributed by atoms with Crippen molar-refractivity contribution in [3.05, 3.63) is 10.6 Å². The van der Waals surface area contributed by atoms with E-state index in [2.05, 4.69) is 11.9 Å². The normalized spacial score (nSPS) is 12.9. The fourth-order valence-electron chi connectivity index (χ4n) is 1.31. The minimum absolute atomic E-state index is 0.0998. The van der Waals surface area contributed by atoms with Crippen molar-refractivity contribution in [2.45, 2.75) is 32.7 Å². The third kappa shape index (κ3) is 2.45. The van der Waals surface area contributed by atoms with Crippen molar-refractivity contribution >= 4 is 16.5 Å². The Morgan fingerprint density at radius 2 is 2.14 bits per heavy atom. The van der Waals surface area contributed by atoms with Gasteiger partial charge in [-0.2, -0.15) is 0 Å². The summed E-state index contributed by atoms with van der Waals surface area (Å²) in [5.74, 6) is 0. The van der Waals surface area contributed by atoms with Crippen LogP contribution in [-0.4, -0.2) is 19.1 Å². The van der Waals surface area contributed by atoms with Gasteiger partial charge in [0.05, 0.1) is 5.69 Å². The molecule has 0 fully saturated rings. The monoisotopic (exact) mass is 213 g/mol. The van der Waals surface area contributed by atoms with E-state index < -0.39 is 0 Å². The third-order valence-corrected chi connectivity index (χ3v) is 3.47. The summed E-state index contributed by atoms with van der Waals surface area (Å²) in [7, 11) is 4.03. The molecule has 0 bridgehead atoms. The van der Waals surface area contributed by atoms with Gasteiger partial charge in [-0.1, -0.05) is 13.3 Å². The average Bonchev–Trinajstić information content (AvgIpc) is 2.49. The summed E-state index contributed by atoms with van der Waals surface area (Å²) >= 11 is 1.71. The van der Waals surface area contributed by atoms with Crippen LogP contribution in [0.25, 0.3) is 0 Å². The second-order valence-corrected chi connectivity index (χ2v) is 4.75. The summed E-state index contributed by atoms with van der Waals surface area (Å²) in [5, 5.41) is 1.06. The maximum Gasteiger partial charge on any atom is 0.185 e. The number of hydrogen-bond donors (Lipinski definition) is 1. The molecule has 4 heteroatoms. The molecule has 0 radical (unpaired) electrons. The van der Waals surface area contributed by atoms with E-state index in [0.717, 1.165) is 18.0 Å². The lowest BCUT2D eigenvalue weighted by molar-refractivity contribution is 0.792. The van der Waals surface area contributed by atoms with Gasteiger partial charge in [0.15, 0.2) is 5.13 Å². The zero-order valence-corrected chi connectivity index (χ0v) is 10.2. The van der Waals surface area contributed by atoms with E-state index in [9.17, 15) is 0 Å². The number of aromatic nitrogens is 1. The molecule has 3 nitrogen and oxygen atoms in total. The number of hydrogen-bond acceptors (Lipinski definition) is 4. The van der Waals surface area contributed by atoms with E-state index in [1.165, 1.54) is 10.6 Å². The number of nitrogens with two attached hydrogens (primary N) is 1. The van der Waals surface area contributed by atoms with Gasteiger partial charge in [0.25, 0.3) is 0 Å². The summed E-state index contributed by atoms with van der Waals surface area (Å²) in [5.41, 5.74) is 7.09. The first-order valence-electron chi connectivity index (χ1n) is 4.98. The molecule has 0 saturated carbocycles. The van der Waals surface area contributed by atoms with Gasteiger partial charge >= 0.3 is 0 Å². The minimum Gasteiger partial charge on any atom is -0.354 e. The van der Waals surface area contributed by atoms with E-state index >= 15 is 0 Å². The van der Waals surface area contributed by atoms with Crippen LogP contribution in [0.2, 0.25) is 0 Å². The van der Waals surface area contributed by atoms with Gasteiger partial charge < -0.3 is 10.6 Å². The largest absolute Gasteiger partial charge is 0.354 e. The minimum atomic E-state index is 0.0998. The molecule has 0 aliphatic heterocycles. The number of anilines is 1. The summed E-state index contributed by atoms with van der Waals surface area (Å²) in [6.07, 6.45) is 2.15. The molecule has 0 aromatic carbocycles. The predicted molar refractivity (Wildman–Crippen MR) is 63.0 cm³/mol. The zero-order valence-electron chi connectivity index (χ0n) is 9.37.